The summed E-state index contributed by atoms with van der Waals surface area (Å²) >= 11 is 0. The van der Waals surface area contributed by atoms with Crippen molar-refractivity contribution in [3.05, 3.63) is 60.2 Å². The van der Waals surface area contributed by atoms with Crippen LogP contribution in [0.2, 0.25) is 0 Å². The Morgan fingerprint density at radius 1 is 0.824 bits per heavy atom. The predicted molar refractivity (Wildman–Crippen MR) is 62.7 cm³/mol. The zero-order chi connectivity index (χ0) is 11.5. The van der Waals surface area contributed by atoms with E-state index >= 15 is 0 Å². The number of fused-ring (bicyclic) bond motifs is 1. The molecule has 0 bridgehead atoms. The van der Waals surface area contributed by atoms with E-state index in [4.69, 9.17) is 14.2 Å². The molecule has 86 valence electrons. The summed E-state index contributed by atoms with van der Waals surface area (Å²) < 4.78 is 16.5. The van der Waals surface area contributed by atoms with Gasteiger partial charge in [0.15, 0.2) is 11.5 Å². The topological polar surface area (TPSA) is 27.7 Å². The van der Waals surface area contributed by atoms with E-state index in [1.54, 1.807) is 0 Å². The molecule has 3 nitrogen and oxygen atoms in total. The molecule has 0 aliphatic carbocycles. The Hall–Kier alpha value is -2.00. The molecule has 0 radical (unpaired) electrons. The van der Waals surface area contributed by atoms with Crippen LogP contribution in [-0.2, 0) is 11.3 Å². The van der Waals surface area contributed by atoms with Gasteiger partial charge in [-0.15, -0.1) is 0 Å². The van der Waals surface area contributed by atoms with Crippen LogP contribution in [0.1, 0.15) is 5.56 Å². The summed E-state index contributed by atoms with van der Waals surface area (Å²) in [5.41, 5.74) is 1.09. The quantitative estimate of drug-likeness (QED) is 0.808. The van der Waals surface area contributed by atoms with Crippen LogP contribution in [0.4, 0.5) is 0 Å². The summed E-state index contributed by atoms with van der Waals surface area (Å²) in [6, 6.07) is 17.5. The van der Waals surface area contributed by atoms with Crippen molar-refractivity contribution in [1.82, 2.24) is 0 Å². The average molecular weight is 228 g/mol. The van der Waals surface area contributed by atoms with E-state index in [1.807, 2.05) is 54.6 Å². The predicted octanol–water partition coefficient (Wildman–Crippen LogP) is 2.96. The van der Waals surface area contributed by atoms with E-state index in [1.165, 1.54) is 0 Å². The Bertz CT molecular complexity index is 471. The zero-order valence-electron chi connectivity index (χ0n) is 9.21. The molecule has 0 saturated heterocycles. The smallest absolute Gasteiger partial charge is 0.361 e. The molecule has 0 saturated carbocycles. The third-order valence-electron chi connectivity index (χ3n) is 2.52. The molecular weight excluding hydrogens is 216 g/mol. The number of hydrogen-bond donors (Lipinski definition) is 0. The first kappa shape index (κ1) is 10.2. The van der Waals surface area contributed by atoms with Crippen molar-refractivity contribution in [2.45, 2.75) is 13.1 Å². The summed E-state index contributed by atoms with van der Waals surface area (Å²) in [5.74, 6) is 1.45. The molecule has 1 aliphatic rings. The summed E-state index contributed by atoms with van der Waals surface area (Å²) in [6.45, 7) is -0.174. The van der Waals surface area contributed by atoms with Crippen LogP contribution in [-0.4, -0.2) is 6.48 Å². The van der Waals surface area contributed by atoms with Crippen molar-refractivity contribution in [1.29, 1.82) is 0 Å². The van der Waals surface area contributed by atoms with E-state index in [0.29, 0.717) is 6.61 Å². The Balaban J connectivity index is 1.59. The van der Waals surface area contributed by atoms with Crippen LogP contribution in [0.5, 0.6) is 11.5 Å². The van der Waals surface area contributed by atoms with Crippen molar-refractivity contribution >= 4 is 0 Å². The van der Waals surface area contributed by atoms with E-state index in [2.05, 4.69) is 0 Å². The molecule has 1 heterocycles. The van der Waals surface area contributed by atoms with Crippen LogP contribution in [0.15, 0.2) is 54.6 Å². The molecule has 0 unspecified atom stereocenters. The molecule has 3 heteroatoms. The molecule has 0 fully saturated rings. The zero-order valence-corrected chi connectivity index (χ0v) is 9.21. The van der Waals surface area contributed by atoms with E-state index in [-0.39, 0.29) is 0 Å². The number of ether oxygens (including phenoxy) is 3. The first-order valence-corrected chi connectivity index (χ1v) is 5.50. The van der Waals surface area contributed by atoms with E-state index in [9.17, 15) is 0 Å². The lowest BCUT2D eigenvalue weighted by molar-refractivity contribution is -0.184. The van der Waals surface area contributed by atoms with Crippen LogP contribution in [0.25, 0.3) is 0 Å². The summed E-state index contributed by atoms with van der Waals surface area (Å²) in [5, 5.41) is 0. The Kier molecular flexibility index (Phi) is 2.68. The van der Waals surface area contributed by atoms with Crippen molar-refractivity contribution in [2.24, 2.45) is 0 Å². The molecule has 0 N–H and O–H groups in total. The molecule has 0 spiro atoms. The molecule has 2 aromatic carbocycles. The lowest BCUT2D eigenvalue weighted by Crippen LogP contribution is -2.21. The van der Waals surface area contributed by atoms with Gasteiger partial charge < -0.3 is 14.2 Å². The third kappa shape index (κ3) is 2.24. The first-order valence-electron chi connectivity index (χ1n) is 5.50. The molecule has 0 aromatic heterocycles. The second-order valence-electron chi connectivity index (χ2n) is 3.77. The minimum atomic E-state index is -0.646. The second-order valence-corrected chi connectivity index (χ2v) is 3.77. The van der Waals surface area contributed by atoms with Crippen LogP contribution < -0.4 is 9.47 Å². The van der Waals surface area contributed by atoms with Gasteiger partial charge >= 0.3 is 6.48 Å². The number of benzene rings is 2. The maximum atomic E-state index is 5.53. The highest BCUT2D eigenvalue weighted by atomic mass is 16.9. The van der Waals surface area contributed by atoms with E-state index in [0.717, 1.165) is 17.1 Å². The van der Waals surface area contributed by atoms with E-state index < -0.39 is 6.48 Å². The molecule has 2 aromatic rings. The lowest BCUT2D eigenvalue weighted by Gasteiger charge is -2.10. The molecular formula is C14H12O3. The van der Waals surface area contributed by atoms with Gasteiger partial charge in [-0.2, -0.15) is 0 Å². The summed E-state index contributed by atoms with van der Waals surface area (Å²) in [4.78, 5) is 0. The monoisotopic (exact) mass is 228 g/mol. The van der Waals surface area contributed by atoms with Crippen LogP contribution in [0.3, 0.4) is 0 Å². The highest BCUT2D eigenvalue weighted by molar-refractivity contribution is 5.41. The highest BCUT2D eigenvalue weighted by Crippen LogP contribution is 2.34. The van der Waals surface area contributed by atoms with Crippen molar-refractivity contribution in [2.75, 3.05) is 0 Å². The van der Waals surface area contributed by atoms with Gasteiger partial charge in [-0.25, -0.2) is 0 Å². The van der Waals surface area contributed by atoms with Gasteiger partial charge in [0.1, 0.15) is 0 Å². The first-order chi connectivity index (χ1) is 8.42. The fourth-order valence-corrected chi connectivity index (χ4v) is 1.68. The number of hydrogen-bond acceptors (Lipinski definition) is 3. The lowest BCUT2D eigenvalue weighted by atomic mass is 10.2. The minimum Gasteiger partial charge on any atom is -0.428 e. The Labute approximate surface area is 99.6 Å². The Morgan fingerprint density at radius 3 is 2.06 bits per heavy atom. The highest BCUT2D eigenvalue weighted by Gasteiger charge is 2.23. The molecule has 17 heavy (non-hydrogen) atoms. The molecule has 3 rings (SSSR count). The Morgan fingerprint density at radius 2 is 1.41 bits per heavy atom. The van der Waals surface area contributed by atoms with Gasteiger partial charge in [0, 0.05) is 0 Å². The normalized spacial score (nSPS) is 13.9. The van der Waals surface area contributed by atoms with Gasteiger partial charge in [0.25, 0.3) is 0 Å². The fourth-order valence-electron chi connectivity index (χ4n) is 1.68. The van der Waals surface area contributed by atoms with Crippen molar-refractivity contribution in [3.63, 3.8) is 0 Å². The maximum absolute atomic E-state index is 5.53. The summed E-state index contributed by atoms with van der Waals surface area (Å²) in [6.07, 6.45) is 0. The van der Waals surface area contributed by atoms with Crippen LogP contribution >= 0.6 is 0 Å². The van der Waals surface area contributed by atoms with Crippen molar-refractivity contribution in [3.8, 4) is 11.5 Å². The summed E-state index contributed by atoms with van der Waals surface area (Å²) in [7, 11) is 0. The number of rotatable bonds is 3. The molecule has 0 amide bonds. The number of para-hydroxylation sites is 2. The van der Waals surface area contributed by atoms with Gasteiger partial charge in [-0.3, -0.25) is 0 Å². The van der Waals surface area contributed by atoms with Gasteiger partial charge in [0.2, 0.25) is 0 Å². The average Bonchev–Trinajstić information content (AvgIpc) is 2.80. The second kappa shape index (κ2) is 4.47. The third-order valence-corrected chi connectivity index (χ3v) is 2.52. The molecule has 1 aliphatic heterocycles. The standard InChI is InChI=1S/C14H12O3/c1-2-6-11(7-3-1)10-15-14-16-12-8-4-5-9-13(12)17-14/h1-9,14H,10H2. The fraction of sp³-hybridized carbons (Fsp3) is 0.143. The minimum absolute atomic E-state index is 0.472. The molecule has 0 atom stereocenters. The van der Waals surface area contributed by atoms with Gasteiger partial charge in [0.05, 0.1) is 6.61 Å². The van der Waals surface area contributed by atoms with Crippen molar-refractivity contribution < 1.29 is 14.2 Å². The van der Waals surface area contributed by atoms with Crippen LogP contribution in [0, 0.1) is 0 Å². The largest absolute Gasteiger partial charge is 0.428 e. The maximum Gasteiger partial charge on any atom is 0.361 e. The SMILES string of the molecule is c1ccc(COC2Oc3ccccc3O2)cc1. The van der Waals surface area contributed by atoms with Gasteiger partial charge in [-0.05, 0) is 17.7 Å². The van der Waals surface area contributed by atoms with Gasteiger partial charge in [-0.1, -0.05) is 42.5 Å².